The highest BCUT2D eigenvalue weighted by Gasteiger charge is 2.28. The van der Waals surface area contributed by atoms with Crippen LogP contribution in [0.2, 0.25) is 0 Å². The maximum atomic E-state index is 13.2. The van der Waals surface area contributed by atoms with Crippen LogP contribution in [0.1, 0.15) is 30.4 Å². The van der Waals surface area contributed by atoms with Gasteiger partial charge in [-0.2, -0.15) is 0 Å². The van der Waals surface area contributed by atoms with Crippen molar-refractivity contribution >= 4 is 27.3 Å². The highest BCUT2D eigenvalue weighted by Crippen LogP contribution is 2.32. The van der Waals surface area contributed by atoms with Gasteiger partial charge in [0.1, 0.15) is 0 Å². The van der Waals surface area contributed by atoms with E-state index >= 15 is 0 Å². The van der Waals surface area contributed by atoms with E-state index < -0.39 is 10.0 Å². The number of rotatable bonds is 7. The van der Waals surface area contributed by atoms with Gasteiger partial charge in [-0.25, -0.2) is 8.42 Å². The minimum absolute atomic E-state index is 0.0727. The van der Waals surface area contributed by atoms with Gasteiger partial charge in [0.2, 0.25) is 5.91 Å². The van der Waals surface area contributed by atoms with Gasteiger partial charge >= 0.3 is 0 Å². The SMILES string of the molecule is O=C(CCCc1ccccc1)Nc1ccc(S(=O)(=O)N2CCCc3ccccc32)cc1. The van der Waals surface area contributed by atoms with Crippen molar-refractivity contribution in [3.8, 4) is 0 Å². The van der Waals surface area contributed by atoms with Crippen LogP contribution in [0.4, 0.5) is 11.4 Å². The predicted octanol–water partition coefficient (Wildman–Crippen LogP) is 4.79. The van der Waals surface area contributed by atoms with Crippen LogP contribution in [-0.4, -0.2) is 20.9 Å². The number of benzene rings is 3. The molecule has 1 amide bonds. The Balaban J connectivity index is 1.38. The van der Waals surface area contributed by atoms with Crippen molar-refractivity contribution in [1.29, 1.82) is 0 Å². The lowest BCUT2D eigenvalue weighted by Gasteiger charge is -2.30. The van der Waals surface area contributed by atoms with Gasteiger partial charge in [-0.05, 0) is 67.1 Å². The molecule has 3 aromatic carbocycles. The molecule has 5 nitrogen and oxygen atoms in total. The van der Waals surface area contributed by atoms with Crippen molar-refractivity contribution in [3.63, 3.8) is 0 Å². The first-order chi connectivity index (χ1) is 15.0. The summed E-state index contributed by atoms with van der Waals surface area (Å²) in [6, 6.07) is 24.1. The second kappa shape index (κ2) is 9.35. The third kappa shape index (κ3) is 4.97. The fraction of sp³-hybridized carbons (Fsp3) is 0.240. The highest BCUT2D eigenvalue weighted by atomic mass is 32.2. The van der Waals surface area contributed by atoms with Crippen LogP contribution >= 0.6 is 0 Å². The van der Waals surface area contributed by atoms with Crippen LogP contribution < -0.4 is 9.62 Å². The molecular formula is C25H26N2O3S. The molecule has 31 heavy (non-hydrogen) atoms. The fourth-order valence-corrected chi connectivity index (χ4v) is 5.45. The summed E-state index contributed by atoms with van der Waals surface area (Å²) in [4.78, 5) is 12.5. The molecule has 0 aliphatic carbocycles. The molecule has 1 aliphatic rings. The summed E-state index contributed by atoms with van der Waals surface area (Å²) in [5, 5.41) is 2.85. The zero-order valence-electron chi connectivity index (χ0n) is 17.3. The Hall–Kier alpha value is -3.12. The molecule has 3 aromatic rings. The van der Waals surface area contributed by atoms with Crippen molar-refractivity contribution in [2.24, 2.45) is 0 Å². The average Bonchev–Trinajstić information content (AvgIpc) is 2.80. The molecule has 1 N–H and O–H groups in total. The summed E-state index contributed by atoms with van der Waals surface area (Å²) in [6.07, 6.45) is 3.71. The Morgan fingerprint density at radius 1 is 0.903 bits per heavy atom. The number of aryl methyl sites for hydroxylation is 2. The number of fused-ring (bicyclic) bond motifs is 1. The van der Waals surface area contributed by atoms with Crippen molar-refractivity contribution in [2.45, 2.75) is 37.0 Å². The second-order valence-corrected chi connectivity index (χ2v) is 9.58. The number of amides is 1. The van der Waals surface area contributed by atoms with Crippen LogP contribution in [0, 0.1) is 0 Å². The first-order valence-electron chi connectivity index (χ1n) is 10.6. The lowest BCUT2D eigenvalue weighted by molar-refractivity contribution is -0.116. The number of nitrogens with one attached hydrogen (secondary N) is 1. The van der Waals surface area contributed by atoms with Crippen molar-refractivity contribution in [3.05, 3.63) is 90.0 Å². The van der Waals surface area contributed by atoms with E-state index in [1.165, 1.54) is 9.87 Å². The van der Waals surface area contributed by atoms with Crippen molar-refractivity contribution in [2.75, 3.05) is 16.2 Å². The predicted molar refractivity (Wildman–Crippen MR) is 124 cm³/mol. The number of hydrogen-bond acceptors (Lipinski definition) is 3. The molecule has 4 rings (SSSR count). The lowest BCUT2D eigenvalue weighted by atomic mass is 10.0. The van der Waals surface area contributed by atoms with E-state index in [4.69, 9.17) is 0 Å². The number of hydrogen-bond donors (Lipinski definition) is 1. The van der Waals surface area contributed by atoms with E-state index in [-0.39, 0.29) is 10.8 Å². The van der Waals surface area contributed by atoms with Crippen LogP contribution in [0.5, 0.6) is 0 Å². The Kier molecular flexibility index (Phi) is 6.37. The maximum Gasteiger partial charge on any atom is 0.264 e. The zero-order valence-corrected chi connectivity index (χ0v) is 18.1. The number of carbonyl (C=O) groups is 1. The van der Waals surface area contributed by atoms with Crippen molar-refractivity contribution < 1.29 is 13.2 Å². The monoisotopic (exact) mass is 434 g/mol. The average molecular weight is 435 g/mol. The molecule has 0 spiro atoms. The number of sulfonamides is 1. The Morgan fingerprint density at radius 3 is 2.39 bits per heavy atom. The van der Waals surface area contributed by atoms with E-state index in [1.54, 1.807) is 24.3 Å². The summed E-state index contributed by atoms with van der Waals surface area (Å²) in [6.45, 7) is 0.471. The Labute approximate surface area is 183 Å². The van der Waals surface area contributed by atoms with Crippen molar-refractivity contribution in [1.82, 2.24) is 0 Å². The molecule has 6 heteroatoms. The summed E-state index contributed by atoms with van der Waals surface area (Å²) in [5.41, 5.74) is 3.62. The highest BCUT2D eigenvalue weighted by molar-refractivity contribution is 7.92. The van der Waals surface area contributed by atoms with Gasteiger partial charge < -0.3 is 5.32 Å². The van der Waals surface area contributed by atoms with E-state index in [2.05, 4.69) is 17.4 Å². The molecule has 0 bridgehead atoms. The Morgan fingerprint density at radius 2 is 1.61 bits per heavy atom. The molecule has 0 radical (unpaired) electrons. The third-order valence-corrected chi connectivity index (χ3v) is 7.33. The number of carbonyl (C=O) groups excluding carboxylic acids is 1. The normalized spacial score (nSPS) is 13.5. The molecule has 0 saturated carbocycles. The van der Waals surface area contributed by atoms with Crippen LogP contribution in [0.15, 0.2) is 83.8 Å². The smallest absolute Gasteiger partial charge is 0.264 e. The van der Waals surface area contributed by atoms with Gasteiger partial charge in [0.05, 0.1) is 10.6 Å². The number of para-hydroxylation sites is 1. The van der Waals surface area contributed by atoms with Crippen LogP contribution in [-0.2, 0) is 27.7 Å². The van der Waals surface area contributed by atoms with Gasteiger partial charge in [0.25, 0.3) is 10.0 Å². The summed E-state index contributed by atoms with van der Waals surface area (Å²) >= 11 is 0. The summed E-state index contributed by atoms with van der Waals surface area (Å²) in [7, 11) is -3.64. The molecule has 0 aromatic heterocycles. The molecule has 1 aliphatic heterocycles. The molecule has 160 valence electrons. The molecule has 0 unspecified atom stereocenters. The van der Waals surface area contributed by atoms with E-state index in [9.17, 15) is 13.2 Å². The number of nitrogens with zero attached hydrogens (tertiary/aromatic N) is 1. The van der Waals surface area contributed by atoms with Gasteiger partial charge in [-0.1, -0.05) is 48.5 Å². The minimum Gasteiger partial charge on any atom is -0.326 e. The van der Waals surface area contributed by atoms with Gasteiger partial charge in [0, 0.05) is 18.7 Å². The first kappa shape index (κ1) is 21.1. The topological polar surface area (TPSA) is 66.5 Å². The third-order valence-electron chi connectivity index (χ3n) is 5.51. The van der Waals surface area contributed by atoms with E-state index in [0.29, 0.717) is 18.7 Å². The second-order valence-electron chi connectivity index (χ2n) is 7.72. The molecule has 0 atom stereocenters. The largest absolute Gasteiger partial charge is 0.326 e. The molecule has 1 heterocycles. The molecular weight excluding hydrogens is 408 g/mol. The zero-order chi connectivity index (χ0) is 21.7. The maximum absolute atomic E-state index is 13.2. The van der Waals surface area contributed by atoms with Gasteiger partial charge in [0.15, 0.2) is 0 Å². The lowest BCUT2D eigenvalue weighted by Crippen LogP contribution is -2.35. The first-order valence-corrected chi connectivity index (χ1v) is 12.0. The number of anilines is 2. The molecule has 0 saturated heterocycles. The van der Waals surface area contributed by atoms with Gasteiger partial charge in [-0.3, -0.25) is 9.10 Å². The summed E-state index contributed by atoms with van der Waals surface area (Å²) < 4.78 is 27.9. The molecule has 0 fully saturated rings. The fourth-order valence-electron chi connectivity index (χ4n) is 3.91. The van der Waals surface area contributed by atoms with Crippen LogP contribution in [0.25, 0.3) is 0 Å². The van der Waals surface area contributed by atoms with E-state index in [0.717, 1.165) is 36.9 Å². The van der Waals surface area contributed by atoms with E-state index in [1.807, 2.05) is 42.5 Å². The van der Waals surface area contributed by atoms with Gasteiger partial charge in [-0.15, -0.1) is 0 Å². The Bertz CT molecular complexity index is 1140. The minimum atomic E-state index is -3.64. The standard InChI is InChI=1S/C25H26N2O3S/c28-25(14-6-10-20-8-2-1-3-9-20)26-22-15-17-23(18-16-22)31(29,30)27-19-7-12-21-11-4-5-13-24(21)27/h1-5,8-9,11,13,15-18H,6-7,10,12,14,19H2,(H,26,28). The van der Waals surface area contributed by atoms with Crippen LogP contribution in [0.3, 0.4) is 0 Å². The summed E-state index contributed by atoms with van der Waals surface area (Å²) in [5.74, 6) is -0.0727. The quantitative estimate of drug-likeness (QED) is 0.581.